The van der Waals surface area contributed by atoms with Crippen molar-refractivity contribution in [3.63, 3.8) is 0 Å². The highest BCUT2D eigenvalue weighted by molar-refractivity contribution is 5.44. The maximum absolute atomic E-state index is 12.6. The van der Waals surface area contributed by atoms with Gasteiger partial charge in [0, 0.05) is 0 Å². The number of aromatic nitrogens is 3. The lowest BCUT2D eigenvalue weighted by atomic mass is 10.2. The maximum Gasteiger partial charge on any atom is 0.336 e. The Morgan fingerprint density at radius 2 is 1.44 bits per heavy atom. The van der Waals surface area contributed by atoms with Gasteiger partial charge in [-0.05, 0) is 17.7 Å². The Bertz CT molecular complexity index is 964. The monoisotopic (exact) mass is 343 g/mol. The number of ether oxygens (including phenoxy) is 2. The topological polar surface area (TPSA) is 84.5 Å². The smallest absolute Gasteiger partial charge is 0.336 e. The van der Waals surface area contributed by atoms with Gasteiger partial charge in [-0.3, -0.25) is 0 Å². The highest BCUT2D eigenvalue weighted by atomic mass is 16.7. The Labute approximate surface area is 142 Å². The average Bonchev–Trinajstić information content (AvgIpc) is 3.07. The minimum atomic E-state index is -0.687. The SMILES string of the molecule is C=CCn1c(=O)n(CC=C)c(=O)n(Cc2ccc3c(c2)OCO3)c1=O. The van der Waals surface area contributed by atoms with E-state index in [9.17, 15) is 14.4 Å². The van der Waals surface area contributed by atoms with Crippen LogP contribution in [0.2, 0.25) is 0 Å². The summed E-state index contributed by atoms with van der Waals surface area (Å²) >= 11 is 0. The molecule has 2 aromatic rings. The molecule has 2 heterocycles. The molecule has 0 aliphatic carbocycles. The van der Waals surface area contributed by atoms with Gasteiger partial charge in [0.15, 0.2) is 11.5 Å². The van der Waals surface area contributed by atoms with Gasteiger partial charge in [-0.25, -0.2) is 28.1 Å². The summed E-state index contributed by atoms with van der Waals surface area (Å²) in [6.45, 7) is 7.24. The molecular formula is C17H17N3O5. The zero-order valence-corrected chi connectivity index (χ0v) is 13.5. The molecule has 1 aliphatic rings. The van der Waals surface area contributed by atoms with Gasteiger partial charge in [0.1, 0.15) is 0 Å². The maximum atomic E-state index is 12.6. The minimum Gasteiger partial charge on any atom is -0.454 e. The van der Waals surface area contributed by atoms with Crippen molar-refractivity contribution in [3.05, 3.63) is 80.5 Å². The van der Waals surface area contributed by atoms with Gasteiger partial charge in [-0.15, -0.1) is 13.2 Å². The second kappa shape index (κ2) is 6.68. The van der Waals surface area contributed by atoms with Crippen molar-refractivity contribution in [1.82, 2.24) is 13.7 Å². The van der Waals surface area contributed by atoms with Crippen molar-refractivity contribution in [2.45, 2.75) is 19.6 Å². The molecule has 0 atom stereocenters. The highest BCUT2D eigenvalue weighted by Crippen LogP contribution is 2.32. The van der Waals surface area contributed by atoms with E-state index in [2.05, 4.69) is 13.2 Å². The molecule has 1 aromatic carbocycles. The highest BCUT2D eigenvalue weighted by Gasteiger charge is 2.17. The van der Waals surface area contributed by atoms with E-state index in [1.807, 2.05) is 0 Å². The van der Waals surface area contributed by atoms with Crippen molar-refractivity contribution in [1.29, 1.82) is 0 Å². The van der Waals surface area contributed by atoms with Gasteiger partial charge in [-0.2, -0.15) is 0 Å². The quantitative estimate of drug-likeness (QED) is 0.706. The van der Waals surface area contributed by atoms with Crippen LogP contribution in [0.5, 0.6) is 11.5 Å². The van der Waals surface area contributed by atoms with E-state index in [0.29, 0.717) is 17.1 Å². The van der Waals surface area contributed by atoms with Gasteiger partial charge in [0.05, 0.1) is 19.6 Å². The molecule has 0 N–H and O–H groups in total. The fourth-order valence-corrected chi connectivity index (χ4v) is 2.61. The van der Waals surface area contributed by atoms with Crippen LogP contribution in [-0.4, -0.2) is 20.5 Å². The Kier molecular flexibility index (Phi) is 4.42. The number of benzene rings is 1. The Morgan fingerprint density at radius 3 is 2.04 bits per heavy atom. The minimum absolute atomic E-state index is 0.00285. The van der Waals surface area contributed by atoms with Crippen molar-refractivity contribution < 1.29 is 9.47 Å². The lowest BCUT2D eigenvalue weighted by molar-refractivity contribution is 0.174. The molecule has 0 amide bonds. The Balaban J connectivity index is 2.13. The summed E-state index contributed by atoms with van der Waals surface area (Å²) in [5.41, 5.74) is -1.38. The molecule has 1 aliphatic heterocycles. The molecule has 130 valence electrons. The third kappa shape index (κ3) is 2.93. The first-order valence-electron chi connectivity index (χ1n) is 7.61. The first kappa shape index (κ1) is 16.6. The number of hydrogen-bond donors (Lipinski definition) is 0. The molecule has 0 unspecified atom stereocenters. The fraction of sp³-hybridized carbons (Fsp3) is 0.235. The molecule has 1 aromatic heterocycles. The van der Waals surface area contributed by atoms with Crippen LogP contribution in [0.15, 0.2) is 57.9 Å². The summed E-state index contributed by atoms with van der Waals surface area (Å²) < 4.78 is 13.5. The molecule has 0 fully saturated rings. The van der Waals surface area contributed by atoms with Crippen molar-refractivity contribution >= 4 is 0 Å². The van der Waals surface area contributed by atoms with Crippen LogP contribution < -0.4 is 26.5 Å². The molecule has 8 heteroatoms. The Hall–Kier alpha value is -3.29. The van der Waals surface area contributed by atoms with E-state index in [4.69, 9.17) is 9.47 Å². The van der Waals surface area contributed by atoms with Crippen molar-refractivity contribution in [2.75, 3.05) is 6.79 Å². The predicted octanol–water partition coefficient (Wildman–Crippen LogP) is 0.321. The van der Waals surface area contributed by atoms with Gasteiger partial charge < -0.3 is 9.47 Å². The second-order valence-electron chi connectivity index (χ2n) is 5.42. The largest absolute Gasteiger partial charge is 0.454 e. The lowest BCUT2D eigenvalue weighted by Crippen LogP contribution is -2.54. The first-order valence-corrected chi connectivity index (χ1v) is 7.61. The van der Waals surface area contributed by atoms with Gasteiger partial charge in [0.25, 0.3) is 0 Å². The zero-order chi connectivity index (χ0) is 18.0. The van der Waals surface area contributed by atoms with E-state index >= 15 is 0 Å². The van der Waals surface area contributed by atoms with E-state index < -0.39 is 17.1 Å². The number of allylic oxidation sites excluding steroid dienone is 2. The van der Waals surface area contributed by atoms with E-state index in [1.54, 1.807) is 18.2 Å². The van der Waals surface area contributed by atoms with Crippen molar-refractivity contribution in [3.8, 4) is 11.5 Å². The van der Waals surface area contributed by atoms with Crippen LogP contribution in [-0.2, 0) is 19.6 Å². The Morgan fingerprint density at radius 1 is 0.880 bits per heavy atom. The van der Waals surface area contributed by atoms with E-state index in [1.165, 1.54) is 12.2 Å². The predicted molar refractivity (Wildman–Crippen MR) is 91.3 cm³/mol. The average molecular weight is 343 g/mol. The summed E-state index contributed by atoms with van der Waals surface area (Å²) in [5, 5.41) is 0. The van der Waals surface area contributed by atoms with Gasteiger partial charge in [-0.1, -0.05) is 18.2 Å². The summed E-state index contributed by atoms with van der Waals surface area (Å²) in [6.07, 6.45) is 2.85. The van der Waals surface area contributed by atoms with Crippen LogP contribution in [0.1, 0.15) is 5.56 Å². The molecular weight excluding hydrogens is 326 g/mol. The molecule has 8 nitrogen and oxygen atoms in total. The summed E-state index contributed by atoms with van der Waals surface area (Å²) in [5.74, 6) is 1.16. The second-order valence-corrected chi connectivity index (χ2v) is 5.42. The van der Waals surface area contributed by atoms with Crippen LogP contribution in [0.4, 0.5) is 0 Å². The third-order valence-electron chi connectivity index (χ3n) is 3.79. The van der Waals surface area contributed by atoms with E-state index in [0.717, 1.165) is 13.7 Å². The van der Waals surface area contributed by atoms with Gasteiger partial charge >= 0.3 is 17.1 Å². The summed E-state index contributed by atoms with van der Waals surface area (Å²) in [6, 6.07) is 5.15. The molecule has 0 bridgehead atoms. The van der Waals surface area contributed by atoms with Crippen LogP contribution in [0.3, 0.4) is 0 Å². The normalized spacial score (nSPS) is 12.2. The number of rotatable bonds is 6. The van der Waals surface area contributed by atoms with Gasteiger partial charge in [0.2, 0.25) is 6.79 Å². The van der Waals surface area contributed by atoms with Crippen LogP contribution >= 0.6 is 0 Å². The molecule has 0 saturated carbocycles. The zero-order valence-electron chi connectivity index (χ0n) is 13.5. The molecule has 25 heavy (non-hydrogen) atoms. The third-order valence-corrected chi connectivity index (χ3v) is 3.79. The first-order chi connectivity index (χ1) is 12.1. The fourth-order valence-electron chi connectivity index (χ4n) is 2.61. The van der Waals surface area contributed by atoms with Crippen molar-refractivity contribution in [2.24, 2.45) is 0 Å². The van der Waals surface area contributed by atoms with E-state index in [-0.39, 0.29) is 26.4 Å². The van der Waals surface area contributed by atoms with Crippen LogP contribution in [0, 0.1) is 0 Å². The molecule has 3 rings (SSSR count). The lowest BCUT2D eigenvalue weighted by Gasteiger charge is -2.12. The molecule has 0 saturated heterocycles. The molecule has 0 radical (unpaired) electrons. The number of nitrogens with zero attached hydrogens (tertiary/aromatic N) is 3. The molecule has 0 spiro atoms. The standard InChI is InChI=1S/C17H17N3O5/c1-3-7-18-15(21)19(8-4-2)17(23)20(16(18)22)10-12-5-6-13-14(9-12)25-11-24-13/h3-6,9H,1-2,7-8,10-11H2. The summed E-state index contributed by atoms with van der Waals surface area (Å²) in [7, 11) is 0. The number of hydrogen-bond acceptors (Lipinski definition) is 5. The summed E-state index contributed by atoms with van der Waals surface area (Å²) in [4.78, 5) is 37.5. The number of fused-ring (bicyclic) bond motifs is 1. The van der Waals surface area contributed by atoms with Crippen LogP contribution in [0.25, 0.3) is 0 Å².